The minimum Gasteiger partial charge on any atom is -0.507 e. The van der Waals surface area contributed by atoms with Crippen molar-refractivity contribution in [2.45, 2.75) is 34.2 Å². The molecule has 1 aromatic heterocycles. The lowest BCUT2D eigenvalue weighted by molar-refractivity contribution is 0.466. The topological polar surface area (TPSA) is 60.9 Å². The second-order valence-electron chi connectivity index (χ2n) is 4.74. The number of H-pyrrole nitrogens is 1. The van der Waals surface area contributed by atoms with Gasteiger partial charge < -0.3 is 10.4 Å². The summed E-state index contributed by atoms with van der Waals surface area (Å²) in [5, 5.41) is 20.2. The van der Waals surface area contributed by atoms with E-state index in [2.05, 4.69) is 15.5 Å². The van der Waals surface area contributed by atoms with Crippen molar-refractivity contribution in [3.05, 3.63) is 40.2 Å². The molecule has 4 heteroatoms. The highest BCUT2D eigenvalue weighted by Crippen LogP contribution is 2.24. The van der Waals surface area contributed by atoms with Crippen LogP contribution in [0, 0.1) is 27.7 Å². The number of anilines is 1. The van der Waals surface area contributed by atoms with Crippen LogP contribution in [0.1, 0.15) is 28.1 Å². The molecule has 0 unspecified atom stereocenters. The summed E-state index contributed by atoms with van der Waals surface area (Å²) in [5.41, 5.74) is 6.04. The summed E-state index contributed by atoms with van der Waals surface area (Å²) in [6.45, 7) is 8.53. The molecule has 1 aromatic carbocycles. The van der Waals surface area contributed by atoms with Crippen LogP contribution in [-0.4, -0.2) is 15.3 Å². The van der Waals surface area contributed by atoms with Gasteiger partial charge in [-0.3, -0.25) is 5.10 Å². The fraction of sp³-hybridized carbons (Fsp3) is 0.357. The predicted molar refractivity (Wildman–Crippen MR) is 73.0 cm³/mol. The van der Waals surface area contributed by atoms with E-state index in [-0.39, 0.29) is 0 Å². The number of nitrogens with one attached hydrogen (secondary N) is 2. The Kier molecular flexibility index (Phi) is 3.28. The van der Waals surface area contributed by atoms with E-state index in [4.69, 9.17) is 0 Å². The van der Waals surface area contributed by atoms with Gasteiger partial charge >= 0.3 is 0 Å². The SMILES string of the molecule is Cc1cc(CNc2c(C)n[nH]c2C)cc(C)c1O. The van der Waals surface area contributed by atoms with E-state index in [9.17, 15) is 5.11 Å². The summed E-state index contributed by atoms with van der Waals surface area (Å²) in [6, 6.07) is 4.00. The third-order valence-electron chi connectivity index (χ3n) is 3.15. The Morgan fingerprint density at radius 3 is 2.28 bits per heavy atom. The van der Waals surface area contributed by atoms with Gasteiger partial charge in [0.1, 0.15) is 5.75 Å². The zero-order valence-corrected chi connectivity index (χ0v) is 11.3. The van der Waals surface area contributed by atoms with Crippen LogP contribution in [0.4, 0.5) is 5.69 Å². The van der Waals surface area contributed by atoms with Gasteiger partial charge in [-0.2, -0.15) is 5.10 Å². The summed E-state index contributed by atoms with van der Waals surface area (Å²) in [4.78, 5) is 0. The first-order valence-corrected chi connectivity index (χ1v) is 6.03. The number of aryl methyl sites for hydroxylation is 4. The molecule has 0 spiro atoms. The van der Waals surface area contributed by atoms with E-state index < -0.39 is 0 Å². The fourth-order valence-electron chi connectivity index (χ4n) is 2.15. The highest BCUT2D eigenvalue weighted by molar-refractivity contribution is 5.52. The summed E-state index contributed by atoms with van der Waals surface area (Å²) in [6.07, 6.45) is 0. The molecular weight excluding hydrogens is 226 g/mol. The van der Waals surface area contributed by atoms with E-state index in [0.29, 0.717) is 5.75 Å². The first-order chi connectivity index (χ1) is 8.49. The minimum absolute atomic E-state index is 0.384. The van der Waals surface area contributed by atoms with Crippen molar-refractivity contribution in [3.63, 3.8) is 0 Å². The lowest BCUT2D eigenvalue weighted by atomic mass is 10.1. The molecule has 2 rings (SSSR count). The van der Waals surface area contributed by atoms with E-state index in [1.165, 1.54) is 0 Å². The Labute approximate surface area is 107 Å². The smallest absolute Gasteiger partial charge is 0.121 e. The normalized spacial score (nSPS) is 10.7. The number of aromatic nitrogens is 2. The number of benzene rings is 1. The molecule has 0 saturated heterocycles. The first-order valence-electron chi connectivity index (χ1n) is 6.03. The summed E-state index contributed by atoms with van der Waals surface area (Å²) in [7, 11) is 0. The largest absolute Gasteiger partial charge is 0.507 e. The predicted octanol–water partition coefficient (Wildman–Crippen LogP) is 2.96. The van der Waals surface area contributed by atoms with Gasteiger partial charge in [0.05, 0.1) is 17.1 Å². The van der Waals surface area contributed by atoms with Gasteiger partial charge in [0.2, 0.25) is 0 Å². The standard InChI is InChI=1S/C14H19N3O/c1-8-5-12(6-9(2)14(8)18)7-15-13-10(3)16-17-11(13)4/h5-6,15,18H,7H2,1-4H3,(H,16,17). The van der Waals surface area contributed by atoms with Gasteiger partial charge in [-0.15, -0.1) is 0 Å². The first kappa shape index (κ1) is 12.5. The molecule has 0 fully saturated rings. The highest BCUT2D eigenvalue weighted by atomic mass is 16.3. The number of hydrogen-bond acceptors (Lipinski definition) is 3. The van der Waals surface area contributed by atoms with E-state index in [0.717, 1.165) is 40.3 Å². The van der Waals surface area contributed by atoms with Crippen LogP contribution in [0.3, 0.4) is 0 Å². The maximum Gasteiger partial charge on any atom is 0.121 e. The Balaban J connectivity index is 2.16. The zero-order valence-electron chi connectivity index (χ0n) is 11.3. The Bertz CT molecular complexity index is 530. The third kappa shape index (κ3) is 2.32. The molecule has 18 heavy (non-hydrogen) atoms. The van der Waals surface area contributed by atoms with Crippen molar-refractivity contribution in [1.82, 2.24) is 10.2 Å². The molecule has 96 valence electrons. The van der Waals surface area contributed by atoms with Gasteiger partial charge in [-0.25, -0.2) is 0 Å². The van der Waals surface area contributed by atoms with E-state index >= 15 is 0 Å². The van der Waals surface area contributed by atoms with Gasteiger partial charge in [0.25, 0.3) is 0 Å². The van der Waals surface area contributed by atoms with Crippen LogP contribution in [0.5, 0.6) is 5.75 Å². The van der Waals surface area contributed by atoms with Crippen molar-refractivity contribution in [1.29, 1.82) is 0 Å². The van der Waals surface area contributed by atoms with Gasteiger partial charge in [-0.05, 0) is 44.4 Å². The molecule has 0 atom stereocenters. The van der Waals surface area contributed by atoms with Crippen molar-refractivity contribution < 1.29 is 5.11 Å². The van der Waals surface area contributed by atoms with Crippen molar-refractivity contribution in [2.24, 2.45) is 0 Å². The average molecular weight is 245 g/mol. The molecule has 0 aliphatic carbocycles. The Morgan fingerprint density at radius 1 is 1.17 bits per heavy atom. The van der Waals surface area contributed by atoms with E-state index in [1.54, 1.807) is 0 Å². The molecule has 0 bridgehead atoms. The lowest BCUT2D eigenvalue weighted by Crippen LogP contribution is -2.02. The summed E-state index contributed by atoms with van der Waals surface area (Å²) >= 11 is 0. The summed E-state index contributed by atoms with van der Waals surface area (Å²) in [5.74, 6) is 0.384. The molecule has 2 aromatic rings. The minimum atomic E-state index is 0.384. The van der Waals surface area contributed by atoms with Gasteiger partial charge in [0.15, 0.2) is 0 Å². The van der Waals surface area contributed by atoms with Crippen LogP contribution >= 0.6 is 0 Å². The summed E-state index contributed by atoms with van der Waals surface area (Å²) < 4.78 is 0. The molecular formula is C14H19N3O. The number of hydrogen-bond donors (Lipinski definition) is 3. The van der Waals surface area contributed by atoms with Crippen LogP contribution < -0.4 is 5.32 Å². The monoisotopic (exact) mass is 245 g/mol. The second kappa shape index (κ2) is 4.72. The van der Waals surface area contributed by atoms with Crippen LogP contribution in [0.15, 0.2) is 12.1 Å². The number of phenolic OH excluding ortho intramolecular Hbond substituents is 1. The number of nitrogens with zero attached hydrogens (tertiary/aromatic N) is 1. The number of phenols is 1. The maximum atomic E-state index is 9.74. The molecule has 3 N–H and O–H groups in total. The second-order valence-corrected chi connectivity index (χ2v) is 4.74. The molecule has 0 radical (unpaired) electrons. The van der Waals surface area contributed by atoms with Gasteiger partial charge in [-0.1, -0.05) is 12.1 Å². The van der Waals surface area contributed by atoms with E-state index in [1.807, 2.05) is 39.8 Å². The van der Waals surface area contributed by atoms with Crippen molar-refractivity contribution >= 4 is 5.69 Å². The highest BCUT2D eigenvalue weighted by Gasteiger charge is 2.07. The molecule has 1 heterocycles. The molecule has 4 nitrogen and oxygen atoms in total. The average Bonchev–Trinajstić information content (AvgIpc) is 2.63. The Morgan fingerprint density at radius 2 is 1.78 bits per heavy atom. The number of aromatic hydroxyl groups is 1. The molecule has 0 saturated carbocycles. The third-order valence-corrected chi connectivity index (χ3v) is 3.15. The number of rotatable bonds is 3. The van der Waals surface area contributed by atoms with Crippen molar-refractivity contribution in [3.8, 4) is 5.75 Å². The quantitative estimate of drug-likeness (QED) is 0.779. The van der Waals surface area contributed by atoms with Crippen molar-refractivity contribution in [2.75, 3.05) is 5.32 Å². The fourth-order valence-corrected chi connectivity index (χ4v) is 2.15. The lowest BCUT2D eigenvalue weighted by Gasteiger charge is -2.10. The molecule has 0 amide bonds. The van der Waals surface area contributed by atoms with Crippen LogP contribution in [-0.2, 0) is 6.54 Å². The Hall–Kier alpha value is -1.97. The molecule has 0 aliphatic heterocycles. The zero-order chi connectivity index (χ0) is 13.3. The maximum absolute atomic E-state index is 9.74. The van der Waals surface area contributed by atoms with Gasteiger partial charge in [0, 0.05) is 6.54 Å². The number of aromatic amines is 1. The van der Waals surface area contributed by atoms with Crippen LogP contribution in [0.25, 0.3) is 0 Å². The molecule has 0 aliphatic rings. The van der Waals surface area contributed by atoms with Crippen LogP contribution in [0.2, 0.25) is 0 Å².